The number of carbonyl (C=O) groups excluding carboxylic acids is 1. The van der Waals surface area contributed by atoms with Crippen LogP contribution in [0, 0.1) is 5.41 Å². The van der Waals surface area contributed by atoms with E-state index in [0.29, 0.717) is 21.8 Å². The fourth-order valence-electron chi connectivity index (χ4n) is 4.42. The lowest BCUT2D eigenvalue weighted by molar-refractivity contribution is -0.114. The maximum absolute atomic E-state index is 13.0. The standard InChI is InChI=1S/C28H18Cl2N4OS/c29-20-11-10-18(23(30)13-20)14-33-15-19(21-8-4-5-9-24(21)33)12-22-26(31)34-25(17-6-2-1-3-7-17)16-36-28(34)32-27(22)35/h1-13,15-16,31H,14H2/b22-12+,31-26?. The van der Waals surface area contributed by atoms with Crippen LogP contribution in [0.5, 0.6) is 0 Å². The van der Waals surface area contributed by atoms with E-state index >= 15 is 0 Å². The van der Waals surface area contributed by atoms with Gasteiger partial charge in [0.25, 0.3) is 5.91 Å². The number of nitrogens with one attached hydrogen (secondary N) is 1. The molecule has 6 rings (SSSR count). The van der Waals surface area contributed by atoms with Crippen molar-refractivity contribution in [1.29, 1.82) is 5.41 Å². The third kappa shape index (κ3) is 3.97. The number of halogens is 2. The number of aliphatic imine (C=N–C) groups is 1. The fraction of sp³-hybridized carbons (Fsp3) is 0.0357. The van der Waals surface area contributed by atoms with Crippen molar-refractivity contribution in [3.8, 4) is 0 Å². The Hall–Kier alpha value is -3.58. The number of benzene rings is 3. The molecule has 0 saturated heterocycles. The molecule has 3 aromatic carbocycles. The van der Waals surface area contributed by atoms with Gasteiger partial charge in [-0.3, -0.25) is 15.1 Å². The first-order chi connectivity index (χ1) is 17.5. The first-order valence-electron chi connectivity index (χ1n) is 11.2. The number of hydrogen-bond acceptors (Lipinski definition) is 3. The van der Waals surface area contributed by atoms with Crippen LogP contribution in [-0.4, -0.2) is 26.4 Å². The van der Waals surface area contributed by atoms with Gasteiger partial charge < -0.3 is 4.57 Å². The Morgan fingerprint density at radius 2 is 1.78 bits per heavy atom. The van der Waals surface area contributed by atoms with Crippen molar-refractivity contribution in [1.82, 2.24) is 9.47 Å². The molecule has 36 heavy (non-hydrogen) atoms. The summed E-state index contributed by atoms with van der Waals surface area (Å²) in [5, 5.41) is 13.5. The maximum atomic E-state index is 13.0. The summed E-state index contributed by atoms with van der Waals surface area (Å²) < 4.78 is 2.09. The van der Waals surface area contributed by atoms with Gasteiger partial charge in [0.15, 0.2) is 5.17 Å². The number of amides is 1. The molecule has 0 fully saturated rings. The van der Waals surface area contributed by atoms with Crippen molar-refractivity contribution in [2.45, 2.75) is 6.54 Å². The van der Waals surface area contributed by atoms with Crippen LogP contribution < -0.4 is 0 Å². The van der Waals surface area contributed by atoms with E-state index in [-0.39, 0.29) is 11.4 Å². The highest BCUT2D eigenvalue weighted by molar-refractivity contribution is 8.17. The molecule has 5 nitrogen and oxygen atoms in total. The molecule has 176 valence electrons. The summed E-state index contributed by atoms with van der Waals surface area (Å²) in [6.45, 7) is 0.539. The molecule has 1 amide bonds. The second kappa shape index (κ2) is 9.13. The average Bonchev–Trinajstić information content (AvgIpc) is 3.46. The van der Waals surface area contributed by atoms with Crippen LogP contribution in [0.15, 0.2) is 95.0 Å². The number of hydrogen-bond donors (Lipinski definition) is 1. The Kier molecular flexibility index (Phi) is 5.80. The number of para-hydroxylation sites is 1. The highest BCUT2D eigenvalue weighted by Gasteiger charge is 2.36. The molecule has 2 aliphatic heterocycles. The van der Waals surface area contributed by atoms with Crippen molar-refractivity contribution >= 4 is 74.6 Å². The zero-order valence-electron chi connectivity index (χ0n) is 18.8. The van der Waals surface area contributed by atoms with Crippen LogP contribution >= 0.6 is 35.0 Å². The van der Waals surface area contributed by atoms with Gasteiger partial charge in [0.2, 0.25) is 0 Å². The van der Waals surface area contributed by atoms with Crippen molar-refractivity contribution in [3.63, 3.8) is 0 Å². The lowest BCUT2D eigenvalue weighted by Crippen LogP contribution is -2.37. The average molecular weight is 529 g/mol. The minimum Gasteiger partial charge on any atom is -0.342 e. The summed E-state index contributed by atoms with van der Waals surface area (Å²) in [6.07, 6.45) is 3.74. The predicted octanol–water partition coefficient (Wildman–Crippen LogP) is 7.30. The molecule has 0 saturated carbocycles. The Bertz CT molecular complexity index is 1650. The van der Waals surface area contributed by atoms with Crippen molar-refractivity contribution in [3.05, 3.63) is 117 Å². The molecule has 8 heteroatoms. The number of nitrogens with zero attached hydrogens (tertiary/aromatic N) is 3. The summed E-state index contributed by atoms with van der Waals surface area (Å²) in [4.78, 5) is 19.0. The highest BCUT2D eigenvalue weighted by atomic mass is 35.5. The molecule has 3 heterocycles. The molecule has 0 atom stereocenters. The van der Waals surface area contributed by atoms with Gasteiger partial charge in [0.05, 0.1) is 11.3 Å². The summed E-state index contributed by atoms with van der Waals surface area (Å²) in [6, 6.07) is 23.3. The minimum absolute atomic E-state index is 0.114. The highest BCUT2D eigenvalue weighted by Crippen LogP contribution is 2.38. The topological polar surface area (TPSA) is 61.5 Å². The molecule has 2 aliphatic rings. The van der Waals surface area contributed by atoms with Crippen LogP contribution in [0.4, 0.5) is 0 Å². The van der Waals surface area contributed by atoms with Crippen LogP contribution in [0.25, 0.3) is 22.7 Å². The van der Waals surface area contributed by atoms with E-state index in [1.165, 1.54) is 11.8 Å². The molecule has 0 aliphatic carbocycles. The molecular formula is C28H18Cl2N4OS. The van der Waals surface area contributed by atoms with Gasteiger partial charge in [-0.1, -0.05) is 89.6 Å². The minimum atomic E-state index is -0.418. The Morgan fingerprint density at radius 3 is 2.58 bits per heavy atom. The number of carbonyl (C=O) groups is 1. The summed E-state index contributed by atoms with van der Waals surface area (Å²) >= 11 is 13.9. The number of amidine groups is 2. The second-order valence-corrected chi connectivity index (χ2v) is 10.1. The summed E-state index contributed by atoms with van der Waals surface area (Å²) in [5.41, 5.74) is 4.81. The normalized spacial score (nSPS) is 16.5. The molecule has 0 bridgehead atoms. The molecule has 4 aromatic rings. The van der Waals surface area contributed by atoms with Crippen LogP contribution in [0.1, 0.15) is 16.7 Å². The lowest BCUT2D eigenvalue weighted by Gasteiger charge is -2.26. The van der Waals surface area contributed by atoms with E-state index in [4.69, 9.17) is 28.6 Å². The van der Waals surface area contributed by atoms with Crippen molar-refractivity contribution in [2.24, 2.45) is 4.99 Å². The van der Waals surface area contributed by atoms with Gasteiger partial charge in [0.1, 0.15) is 5.84 Å². The summed E-state index contributed by atoms with van der Waals surface area (Å²) in [7, 11) is 0. The SMILES string of the molecule is N=C1/C(=C\c2cn(Cc3ccc(Cl)cc3Cl)c3ccccc23)C(=O)N=C2SC=C(c3ccccc3)N12. The van der Waals surface area contributed by atoms with Gasteiger partial charge >= 0.3 is 0 Å². The second-order valence-electron chi connectivity index (χ2n) is 8.39. The van der Waals surface area contributed by atoms with E-state index < -0.39 is 5.91 Å². The number of fused-ring (bicyclic) bond motifs is 2. The fourth-order valence-corrected chi connectivity index (χ4v) is 5.78. The van der Waals surface area contributed by atoms with Crippen molar-refractivity contribution in [2.75, 3.05) is 0 Å². The summed E-state index contributed by atoms with van der Waals surface area (Å²) in [5.74, 6) is -0.304. The van der Waals surface area contributed by atoms with Crippen LogP contribution in [-0.2, 0) is 11.3 Å². The monoisotopic (exact) mass is 528 g/mol. The van der Waals surface area contributed by atoms with Crippen LogP contribution in [0.3, 0.4) is 0 Å². The van der Waals surface area contributed by atoms with Crippen LogP contribution in [0.2, 0.25) is 10.0 Å². The molecule has 0 radical (unpaired) electrons. The first kappa shape index (κ1) is 22.9. The van der Waals surface area contributed by atoms with Crippen molar-refractivity contribution < 1.29 is 4.79 Å². The van der Waals surface area contributed by atoms with Gasteiger partial charge in [-0.15, -0.1) is 0 Å². The zero-order valence-corrected chi connectivity index (χ0v) is 21.1. The number of rotatable bonds is 4. The van der Waals surface area contributed by atoms with E-state index in [2.05, 4.69) is 9.56 Å². The Labute approximate surface area is 221 Å². The van der Waals surface area contributed by atoms with E-state index in [1.54, 1.807) is 17.0 Å². The number of aromatic nitrogens is 1. The van der Waals surface area contributed by atoms with Gasteiger partial charge in [-0.05, 0) is 35.4 Å². The van der Waals surface area contributed by atoms with E-state index in [0.717, 1.165) is 33.3 Å². The van der Waals surface area contributed by atoms with E-state index in [1.807, 2.05) is 78.3 Å². The van der Waals surface area contributed by atoms with E-state index in [9.17, 15) is 4.79 Å². The molecule has 0 unspecified atom stereocenters. The predicted molar refractivity (Wildman–Crippen MR) is 149 cm³/mol. The molecule has 1 aromatic heterocycles. The van der Waals surface area contributed by atoms with Gasteiger partial charge in [0, 0.05) is 44.7 Å². The van der Waals surface area contributed by atoms with Gasteiger partial charge in [-0.25, -0.2) is 0 Å². The van der Waals surface area contributed by atoms with Gasteiger partial charge in [-0.2, -0.15) is 4.99 Å². The number of thioether (sulfide) groups is 1. The third-order valence-corrected chi connectivity index (χ3v) is 7.57. The molecule has 0 spiro atoms. The Balaban J connectivity index is 1.41. The zero-order chi connectivity index (χ0) is 24.8. The quantitative estimate of drug-likeness (QED) is 0.282. The largest absolute Gasteiger partial charge is 0.342 e. The molecular weight excluding hydrogens is 511 g/mol. The maximum Gasteiger partial charge on any atom is 0.283 e. The molecule has 1 N–H and O–H groups in total. The smallest absolute Gasteiger partial charge is 0.283 e. The Morgan fingerprint density at radius 1 is 1.00 bits per heavy atom. The first-order valence-corrected chi connectivity index (χ1v) is 12.8. The lowest BCUT2D eigenvalue weighted by atomic mass is 10.1. The third-order valence-electron chi connectivity index (χ3n) is 6.16.